The number of allylic oxidation sites excluding steroid dienone is 4. The van der Waals surface area contributed by atoms with Crippen molar-refractivity contribution in [1.29, 1.82) is 0 Å². The third kappa shape index (κ3) is 2.51. The Kier molecular flexibility index (Phi) is 5.55. The summed E-state index contributed by atoms with van der Waals surface area (Å²) in [6, 6.07) is 0. The molecule has 0 aliphatic heterocycles. The predicted octanol–water partition coefficient (Wildman–Crippen LogP) is 4.80. The number of rotatable bonds is 4. The number of halogens is 10. The van der Waals surface area contributed by atoms with Crippen LogP contribution in [0.2, 0.25) is 0 Å². The van der Waals surface area contributed by atoms with Crippen LogP contribution in [-0.2, 0) is 9.59 Å². The summed E-state index contributed by atoms with van der Waals surface area (Å²) < 4.78 is 153. The molecule has 3 aliphatic rings. The highest BCUT2D eigenvalue weighted by molar-refractivity contribution is 5.86. The maximum Gasteiger partial charge on any atom is 0.349 e. The van der Waals surface area contributed by atoms with Crippen molar-refractivity contribution >= 4 is 11.9 Å². The van der Waals surface area contributed by atoms with E-state index in [0.717, 1.165) is 0 Å². The van der Waals surface area contributed by atoms with Gasteiger partial charge >= 0.3 is 23.8 Å². The van der Waals surface area contributed by atoms with Crippen molar-refractivity contribution in [3.8, 4) is 0 Å². The third-order valence-electron chi connectivity index (χ3n) is 6.80. The van der Waals surface area contributed by atoms with E-state index in [0.29, 0.717) is 6.08 Å². The molecule has 0 bridgehead atoms. The van der Waals surface area contributed by atoms with Gasteiger partial charge in [0.1, 0.15) is 0 Å². The van der Waals surface area contributed by atoms with E-state index in [4.69, 9.17) is 0 Å². The predicted molar refractivity (Wildman–Crippen MR) is 94.0 cm³/mol. The Balaban J connectivity index is 2.60. The summed E-state index contributed by atoms with van der Waals surface area (Å²) in [6.07, 6.45) is -12.7. The largest absolute Gasteiger partial charge is 0.479 e. The van der Waals surface area contributed by atoms with Gasteiger partial charge in [-0.15, -0.1) is 0 Å². The van der Waals surface area contributed by atoms with Crippen LogP contribution in [0.15, 0.2) is 36.5 Å². The fraction of sp³-hybridized carbons (Fsp3) is 0.600. The zero-order chi connectivity index (χ0) is 26.2. The number of hydrogen-bond acceptors (Lipinski definition) is 2. The Labute approximate surface area is 184 Å². The molecule has 0 aromatic heterocycles. The molecule has 0 saturated heterocycles. The van der Waals surface area contributed by atoms with Crippen LogP contribution in [-0.4, -0.2) is 69.0 Å². The van der Waals surface area contributed by atoms with E-state index in [1.165, 1.54) is 0 Å². The number of aliphatic carboxylic acids is 2. The van der Waals surface area contributed by atoms with Gasteiger partial charge in [0.2, 0.25) is 11.3 Å². The summed E-state index contributed by atoms with van der Waals surface area (Å²) in [5.41, 5.74) is -27.0. The monoisotopic (exact) mass is 510 g/mol. The van der Waals surface area contributed by atoms with Crippen LogP contribution in [0.25, 0.3) is 0 Å². The van der Waals surface area contributed by atoms with Crippen LogP contribution in [0.5, 0.6) is 0 Å². The van der Waals surface area contributed by atoms with Gasteiger partial charge in [-0.3, -0.25) is 0 Å². The Morgan fingerprint density at radius 1 is 0.706 bits per heavy atom. The van der Waals surface area contributed by atoms with Crippen molar-refractivity contribution in [2.75, 3.05) is 0 Å². The first kappa shape index (κ1) is 26.1. The maximum absolute atomic E-state index is 16.6. The lowest BCUT2D eigenvalue weighted by Gasteiger charge is -2.61. The molecular formula is C20H16F10O4. The zero-order valence-corrected chi connectivity index (χ0v) is 16.7. The molecule has 0 saturated carbocycles. The van der Waals surface area contributed by atoms with Crippen molar-refractivity contribution in [2.24, 2.45) is 5.41 Å². The molecule has 190 valence electrons. The highest BCUT2D eigenvalue weighted by atomic mass is 19.3. The molecule has 0 aromatic rings. The molecule has 2 N–H and O–H groups in total. The Bertz CT molecular complexity index is 930. The van der Waals surface area contributed by atoms with E-state index in [9.17, 15) is 28.6 Å². The van der Waals surface area contributed by atoms with Gasteiger partial charge in [0.05, 0.1) is 5.41 Å². The Morgan fingerprint density at radius 2 is 1.09 bits per heavy atom. The second-order valence-electron chi connectivity index (χ2n) is 8.38. The lowest BCUT2D eigenvalue weighted by atomic mass is 9.46. The molecule has 3 rings (SSSR count). The number of hydrogen-bond donors (Lipinski definition) is 2. The fourth-order valence-electron chi connectivity index (χ4n) is 5.13. The molecule has 0 spiro atoms. The number of alkyl halides is 10. The van der Waals surface area contributed by atoms with Crippen molar-refractivity contribution in [2.45, 2.75) is 66.1 Å². The molecule has 6 unspecified atom stereocenters. The van der Waals surface area contributed by atoms with Crippen LogP contribution in [0.4, 0.5) is 43.9 Å². The third-order valence-corrected chi connectivity index (χ3v) is 6.80. The molecular weight excluding hydrogens is 494 g/mol. The first-order chi connectivity index (χ1) is 15.3. The van der Waals surface area contributed by atoms with E-state index in [2.05, 4.69) is 0 Å². The molecule has 3 aliphatic carbocycles. The molecule has 6 atom stereocenters. The minimum atomic E-state index is -5.99. The van der Waals surface area contributed by atoms with Crippen molar-refractivity contribution in [3.05, 3.63) is 36.5 Å². The summed E-state index contributed by atoms with van der Waals surface area (Å²) in [6.45, 7) is 0. The number of carbonyl (C=O) groups is 2. The molecule has 0 fully saturated rings. The SMILES string of the molecule is O=C(O)C1(F)C=CC(F)C(F)(F)C1(F)C1(C2(F)C(F)(C(=O)O)C=CC(F)C2(F)F)C=CCCC1. The molecule has 0 amide bonds. The number of carboxylic acids is 2. The average Bonchev–Trinajstić information content (AvgIpc) is 2.77. The van der Waals surface area contributed by atoms with Gasteiger partial charge in [0, 0.05) is 0 Å². The van der Waals surface area contributed by atoms with Gasteiger partial charge in [-0.2, -0.15) is 17.6 Å². The second-order valence-corrected chi connectivity index (χ2v) is 8.38. The van der Waals surface area contributed by atoms with Crippen LogP contribution in [0.3, 0.4) is 0 Å². The van der Waals surface area contributed by atoms with E-state index in [1.807, 2.05) is 0 Å². The normalized spacial score (nSPS) is 47.4. The van der Waals surface area contributed by atoms with E-state index in [1.54, 1.807) is 0 Å². The highest BCUT2D eigenvalue weighted by Gasteiger charge is 2.93. The van der Waals surface area contributed by atoms with Gasteiger partial charge < -0.3 is 10.2 Å². The van der Waals surface area contributed by atoms with Crippen molar-refractivity contribution in [3.63, 3.8) is 0 Å². The lowest BCUT2D eigenvalue weighted by molar-refractivity contribution is -0.335. The molecule has 4 nitrogen and oxygen atoms in total. The first-order valence-electron chi connectivity index (χ1n) is 9.68. The molecule has 0 heterocycles. The standard InChI is InChI=1S/C20H16F10O4/c21-10-4-8-15(23,12(31)32)19(29,17(10,25)26)14(6-2-1-3-7-14)20(30)16(24,13(33)34)9-5-11(22)18(20,27)28/h2,4-6,8-11H,1,3,7H2,(H,31,32)(H,33,34). The summed E-state index contributed by atoms with van der Waals surface area (Å²) in [5, 5.41) is 18.5. The van der Waals surface area contributed by atoms with Crippen molar-refractivity contribution < 1.29 is 63.7 Å². The maximum atomic E-state index is 16.6. The number of carboxylic acid groups (broad SMARTS) is 2. The van der Waals surface area contributed by atoms with E-state index in [-0.39, 0.29) is 12.5 Å². The highest BCUT2D eigenvalue weighted by Crippen LogP contribution is 2.72. The van der Waals surface area contributed by atoms with E-state index >= 15 is 35.1 Å². The second kappa shape index (κ2) is 7.23. The summed E-state index contributed by atoms with van der Waals surface area (Å²) in [4.78, 5) is 23.2. The van der Waals surface area contributed by atoms with Gasteiger partial charge in [-0.05, 0) is 43.6 Å². The zero-order valence-electron chi connectivity index (χ0n) is 16.7. The quantitative estimate of drug-likeness (QED) is 0.421. The fourth-order valence-corrected chi connectivity index (χ4v) is 5.13. The summed E-state index contributed by atoms with van der Waals surface area (Å²) in [5.74, 6) is -18.3. The minimum absolute atomic E-state index is 0.259. The smallest absolute Gasteiger partial charge is 0.349 e. The lowest BCUT2D eigenvalue weighted by Crippen LogP contribution is -2.84. The average molecular weight is 510 g/mol. The van der Waals surface area contributed by atoms with Crippen LogP contribution < -0.4 is 0 Å². The van der Waals surface area contributed by atoms with Gasteiger partial charge in [-0.25, -0.2) is 35.9 Å². The van der Waals surface area contributed by atoms with Gasteiger partial charge in [0.15, 0.2) is 12.3 Å². The van der Waals surface area contributed by atoms with Crippen LogP contribution in [0.1, 0.15) is 19.3 Å². The summed E-state index contributed by atoms with van der Waals surface area (Å²) >= 11 is 0. The van der Waals surface area contributed by atoms with Gasteiger partial charge in [0.25, 0.3) is 11.3 Å². The first-order valence-corrected chi connectivity index (χ1v) is 9.68. The molecule has 0 radical (unpaired) electrons. The Hall–Kier alpha value is -2.54. The molecule has 34 heavy (non-hydrogen) atoms. The topological polar surface area (TPSA) is 74.6 Å². The van der Waals surface area contributed by atoms with Crippen LogP contribution in [0, 0.1) is 5.41 Å². The summed E-state index contributed by atoms with van der Waals surface area (Å²) in [7, 11) is 0. The van der Waals surface area contributed by atoms with Crippen LogP contribution >= 0.6 is 0 Å². The molecule has 0 aromatic carbocycles. The molecule has 14 heteroatoms. The Morgan fingerprint density at radius 3 is 1.38 bits per heavy atom. The van der Waals surface area contributed by atoms with Crippen molar-refractivity contribution in [1.82, 2.24) is 0 Å². The van der Waals surface area contributed by atoms with E-state index < -0.39 is 101 Å². The minimum Gasteiger partial charge on any atom is -0.479 e. The van der Waals surface area contributed by atoms with Gasteiger partial charge in [-0.1, -0.05) is 12.2 Å².